The highest BCUT2D eigenvalue weighted by Gasteiger charge is 2.25. The third-order valence-electron chi connectivity index (χ3n) is 3.96. The minimum atomic E-state index is 0.366. The summed E-state index contributed by atoms with van der Waals surface area (Å²) >= 11 is 3.43. The fourth-order valence-corrected chi connectivity index (χ4v) is 2.51. The summed E-state index contributed by atoms with van der Waals surface area (Å²) in [6, 6.07) is 8.05. The zero-order valence-electron chi connectivity index (χ0n) is 12.3. The van der Waals surface area contributed by atoms with Crippen LogP contribution in [-0.4, -0.2) is 19.7 Å². The molecule has 0 saturated heterocycles. The molecule has 1 aromatic carbocycles. The summed E-state index contributed by atoms with van der Waals surface area (Å²) < 4.78 is 6.94. The molecule has 3 heteroatoms. The van der Waals surface area contributed by atoms with Crippen LogP contribution in [0.4, 0.5) is 0 Å². The number of ether oxygens (including phenoxy) is 1. The number of hydrogen-bond donors (Lipinski definition) is 1. The van der Waals surface area contributed by atoms with Gasteiger partial charge < -0.3 is 10.1 Å². The van der Waals surface area contributed by atoms with Gasteiger partial charge in [-0.05, 0) is 55.5 Å². The Hall–Kier alpha value is -0.540. The van der Waals surface area contributed by atoms with Crippen molar-refractivity contribution in [3.05, 3.63) is 28.7 Å². The van der Waals surface area contributed by atoms with Crippen molar-refractivity contribution in [2.45, 2.75) is 40.0 Å². The Morgan fingerprint density at radius 2 is 1.74 bits per heavy atom. The SMILES string of the molecule is CCNCC(CC)(CC)CCOc1ccc(Br)cc1. The monoisotopic (exact) mass is 327 g/mol. The highest BCUT2D eigenvalue weighted by atomic mass is 79.9. The lowest BCUT2D eigenvalue weighted by Gasteiger charge is -2.32. The van der Waals surface area contributed by atoms with Crippen molar-refractivity contribution in [3.63, 3.8) is 0 Å². The first-order valence-corrected chi connectivity index (χ1v) is 8.04. The van der Waals surface area contributed by atoms with Crippen LogP contribution in [-0.2, 0) is 0 Å². The molecule has 0 spiro atoms. The van der Waals surface area contributed by atoms with Gasteiger partial charge in [-0.1, -0.05) is 36.7 Å². The van der Waals surface area contributed by atoms with Gasteiger partial charge in [0.15, 0.2) is 0 Å². The van der Waals surface area contributed by atoms with Crippen molar-refractivity contribution in [1.29, 1.82) is 0 Å². The highest BCUT2D eigenvalue weighted by molar-refractivity contribution is 9.10. The first-order valence-electron chi connectivity index (χ1n) is 7.25. The molecule has 0 saturated carbocycles. The minimum absolute atomic E-state index is 0.366. The van der Waals surface area contributed by atoms with Crippen LogP contribution in [0.3, 0.4) is 0 Å². The van der Waals surface area contributed by atoms with Crippen LogP contribution < -0.4 is 10.1 Å². The predicted octanol–water partition coefficient (Wildman–Crippen LogP) is 4.63. The molecule has 0 fully saturated rings. The Bertz CT molecular complexity index is 346. The van der Waals surface area contributed by atoms with Gasteiger partial charge in [0.1, 0.15) is 5.75 Å². The van der Waals surface area contributed by atoms with Crippen LogP contribution in [0.1, 0.15) is 40.0 Å². The molecule has 1 rings (SSSR count). The van der Waals surface area contributed by atoms with Gasteiger partial charge in [0.05, 0.1) is 6.61 Å². The Labute approximate surface area is 126 Å². The molecule has 0 unspecified atom stereocenters. The van der Waals surface area contributed by atoms with Crippen LogP contribution >= 0.6 is 15.9 Å². The lowest BCUT2D eigenvalue weighted by Crippen LogP contribution is -2.34. The van der Waals surface area contributed by atoms with E-state index in [4.69, 9.17) is 4.74 Å². The highest BCUT2D eigenvalue weighted by Crippen LogP contribution is 2.30. The standard InChI is InChI=1S/C16H26BrNO/c1-4-16(5-2,13-18-6-3)11-12-19-15-9-7-14(17)8-10-15/h7-10,18H,4-6,11-13H2,1-3H3. The zero-order chi connectivity index (χ0) is 14.1. The molecule has 0 amide bonds. The third kappa shape index (κ3) is 5.53. The van der Waals surface area contributed by atoms with Crippen LogP contribution in [0.15, 0.2) is 28.7 Å². The second-order valence-corrected chi connectivity index (χ2v) is 5.96. The topological polar surface area (TPSA) is 21.3 Å². The van der Waals surface area contributed by atoms with E-state index in [2.05, 4.69) is 42.0 Å². The lowest BCUT2D eigenvalue weighted by atomic mass is 9.79. The maximum absolute atomic E-state index is 5.85. The van der Waals surface area contributed by atoms with Gasteiger partial charge in [-0.3, -0.25) is 0 Å². The van der Waals surface area contributed by atoms with Crippen molar-refractivity contribution in [2.24, 2.45) is 5.41 Å². The smallest absolute Gasteiger partial charge is 0.119 e. The minimum Gasteiger partial charge on any atom is -0.494 e. The Kier molecular flexibility index (Phi) is 7.47. The van der Waals surface area contributed by atoms with E-state index < -0.39 is 0 Å². The van der Waals surface area contributed by atoms with Crippen LogP contribution in [0.2, 0.25) is 0 Å². The summed E-state index contributed by atoms with van der Waals surface area (Å²) in [7, 11) is 0. The molecule has 0 aromatic heterocycles. The Morgan fingerprint density at radius 1 is 1.11 bits per heavy atom. The maximum Gasteiger partial charge on any atom is 0.119 e. The third-order valence-corrected chi connectivity index (χ3v) is 4.49. The van der Waals surface area contributed by atoms with Gasteiger partial charge in [0, 0.05) is 11.0 Å². The van der Waals surface area contributed by atoms with Crippen molar-refractivity contribution < 1.29 is 4.74 Å². The lowest BCUT2D eigenvalue weighted by molar-refractivity contribution is 0.175. The van der Waals surface area contributed by atoms with Gasteiger partial charge in [0.25, 0.3) is 0 Å². The second kappa shape index (κ2) is 8.60. The van der Waals surface area contributed by atoms with Crippen molar-refractivity contribution in [2.75, 3.05) is 19.7 Å². The van der Waals surface area contributed by atoms with E-state index in [1.807, 2.05) is 24.3 Å². The van der Waals surface area contributed by atoms with Crippen molar-refractivity contribution >= 4 is 15.9 Å². The van der Waals surface area contributed by atoms with E-state index in [0.717, 1.165) is 36.3 Å². The summed E-state index contributed by atoms with van der Waals surface area (Å²) in [5, 5.41) is 3.49. The molecule has 0 bridgehead atoms. The summed E-state index contributed by atoms with van der Waals surface area (Å²) in [6.07, 6.45) is 3.49. The average Bonchev–Trinajstić information content (AvgIpc) is 2.45. The molecular weight excluding hydrogens is 302 g/mol. The molecule has 0 aliphatic heterocycles. The van der Waals surface area contributed by atoms with E-state index in [1.165, 1.54) is 12.8 Å². The van der Waals surface area contributed by atoms with Gasteiger partial charge >= 0.3 is 0 Å². The summed E-state index contributed by atoms with van der Waals surface area (Å²) in [5.41, 5.74) is 0.366. The fraction of sp³-hybridized carbons (Fsp3) is 0.625. The Morgan fingerprint density at radius 3 is 2.26 bits per heavy atom. The van der Waals surface area contributed by atoms with Gasteiger partial charge in [-0.15, -0.1) is 0 Å². The van der Waals surface area contributed by atoms with E-state index in [1.54, 1.807) is 0 Å². The molecule has 19 heavy (non-hydrogen) atoms. The van der Waals surface area contributed by atoms with Crippen LogP contribution in [0.5, 0.6) is 5.75 Å². The number of hydrogen-bond acceptors (Lipinski definition) is 2. The molecule has 0 aliphatic rings. The summed E-state index contributed by atoms with van der Waals surface area (Å²) in [5.74, 6) is 0.952. The average molecular weight is 328 g/mol. The predicted molar refractivity (Wildman–Crippen MR) is 85.8 cm³/mol. The second-order valence-electron chi connectivity index (χ2n) is 5.04. The quantitative estimate of drug-likeness (QED) is 0.713. The molecule has 108 valence electrons. The van der Waals surface area contributed by atoms with E-state index >= 15 is 0 Å². The van der Waals surface area contributed by atoms with Gasteiger partial charge in [0.2, 0.25) is 0 Å². The molecule has 1 aromatic rings. The number of nitrogens with one attached hydrogen (secondary N) is 1. The molecule has 0 atom stereocenters. The Balaban J connectivity index is 2.45. The normalized spacial score (nSPS) is 11.6. The maximum atomic E-state index is 5.85. The zero-order valence-corrected chi connectivity index (χ0v) is 13.9. The van der Waals surface area contributed by atoms with E-state index in [0.29, 0.717) is 5.41 Å². The van der Waals surface area contributed by atoms with Crippen molar-refractivity contribution in [1.82, 2.24) is 5.32 Å². The number of halogens is 1. The van der Waals surface area contributed by atoms with E-state index in [-0.39, 0.29) is 0 Å². The first kappa shape index (κ1) is 16.5. The van der Waals surface area contributed by atoms with Crippen LogP contribution in [0, 0.1) is 5.41 Å². The first-order chi connectivity index (χ1) is 9.15. The van der Waals surface area contributed by atoms with Gasteiger partial charge in [-0.25, -0.2) is 0 Å². The summed E-state index contributed by atoms with van der Waals surface area (Å²) in [4.78, 5) is 0. The molecule has 1 N–H and O–H groups in total. The van der Waals surface area contributed by atoms with Crippen LogP contribution in [0.25, 0.3) is 0 Å². The summed E-state index contributed by atoms with van der Waals surface area (Å²) in [6.45, 7) is 9.62. The fourth-order valence-electron chi connectivity index (χ4n) is 2.25. The van der Waals surface area contributed by atoms with E-state index in [9.17, 15) is 0 Å². The molecule has 0 aliphatic carbocycles. The molecule has 0 radical (unpaired) electrons. The molecule has 0 heterocycles. The molecular formula is C16H26BrNO. The number of rotatable bonds is 9. The van der Waals surface area contributed by atoms with Gasteiger partial charge in [-0.2, -0.15) is 0 Å². The molecule has 2 nitrogen and oxygen atoms in total. The van der Waals surface area contributed by atoms with Crippen molar-refractivity contribution in [3.8, 4) is 5.75 Å². The largest absolute Gasteiger partial charge is 0.494 e. The number of benzene rings is 1.